The molecule has 0 aliphatic heterocycles. The lowest BCUT2D eigenvalue weighted by molar-refractivity contribution is 0.1000. The van der Waals surface area contributed by atoms with Gasteiger partial charge in [-0.3, -0.25) is 4.79 Å². The summed E-state index contributed by atoms with van der Waals surface area (Å²) in [5.41, 5.74) is 8.09. The zero-order valence-electron chi connectivity index (χ0n) is 13.3. The number of halogens is 2. The van der Waals surface area contributed by atoms with Gasteiger partial charge in [-0.15, -0.1) is 0 Å². The van der Waals surface area contributed by atoms with Gasteiger partial charge in [-0.1, -0.05) is 13.0 Å². The molecule has 122 valence electrons. The van der Waals surface area contributed by atoms with Gasteiger partial charge in [0.05, 0.1) is 11.7 Å². The summed E-state index contributed by atoms with van der Waals surface area (Å²) in [6, 6.07) is 4.76. The maximum absolute atomic E-state index is 13.6. The maximum Gasteiger partial charge on any atom is 0.249 e. The Labute approximate surface area is 133 Å². The number of aryl methyl sites for hydroxylation is 1. The number of carbonyl (C=O) groups is 1. The van der Waals surface area contributed by atoms with Crippen LogP contribution < -0.4 is 5.73 Å². The molecule has 0 aliphatic carbocycles. The van der Waals surface area contributed by atoms with Gasteiger partial charge in [0.25, 0.3) is 0 Å². The molecule has 2 rings (SSSR count). The molecule has 0 bridgehead atoms. The standard InChI is InChI=1S/C18H19F2NO2/c1-4-11-7-15(10(3)22)17(16(9(11)2)18(21)23)12-5-13(19)8-14(20)6-12/h5-8,10,22H,4H2,1-3H3,(H2,21,23). The number of carbonyl (C=O) groups excluding carboxylic acids is 1. The van der Waals surface area contributed by atoms with Crippen LogP contribution in [0.25, 0.3) is 11.1 Å². The van der Waals surface area contributed by atoms with Crippen molar-refractivity contribution >= 4 is 5.91 Å². The Bertz CT molecular complexity index is 750. The number of rotatable bonds is 4. The van der Waals surface area contributed by atoms with Crippen LogP contribution in [0.5, 0.6) is 0 Å². The summed E-state index contributed by atoms with van der Waals surface area (Å²) in [4.78, 5) is 12.0. The van der Waals surface area contributed by atoms with E-state index in [4.69, 9.17) is 5.73 Å². The van der Waals surface area contributed by atoms with Crippen molar-refractivity contribution in [1.82, 2.24) is 0 Å². The number of benzene rings is 2. The first-order valence-electron chi connectivity index (χ1n) is 7.37. The third-order valence-corrected chi connectivity index (χ3v) is 3.95. The summed E-state index contributed by atoms with van der Waals surface area (Å²) in [6.07, 6.45) is -0.274. The third-order valence-electron chi connectivity index (χ3n) is 3.95. The molecular weight excluding hydrogens is 300 g/mol. The predicted octanol–water partition coefficient (Wildman–Crippen LogP) is 3.65. The topological polar surface area (TPSA) is 63.3 Å². The van der Waals surface area contributed by atoms with E-state index < -0.39 is 23.6 Å². The molecular formula is C18H19F2NO2. The lowest BCUT2D eigenvalue weighted by Gasteiger charge is -2.20. The van der Waals surface area contributed by atoms with Crippen molar-refractivity contribution in [2.24, 2.45) is 5.73 Å². The van der Waals surface area contributed by atoms with Crippen molar-refractivity contribution < 1.29 is 18.7 Å². The van der Waals surface area contributed by atoms with Crippen LogP contribution in [0.4, 0.5) is 8.78 Å². The number of primary amides is 1. The van der Waals surface area contributed by atoms with E-state index in [0.717, 1.165) is 23.8 Å². The van der Waals surface area contributed by atoms with Gasteiger partial charge in [-0.25, -0.2) is 8.78 Å². The fourth-order valence-electron chi connectivity index (χ4n) is 2.87. The summed E-state index contributed by atoms with van der Waals surface area (Å²) in [5, 5.41) is 10.1. The second-order valence-corrected chi connectivity index (χ2v) is 5.55. The zero-order chi connectivity index (χ0) is 17.3. The lowest BCUT2D eigenvalue weighted by Crippen LogP contribution is -2.17. The zero-order valence-corrected chi connectivity index (χ0v) is 13.3. The second-order valence-electron chi connectivity index (χ2n) is 5.55. The van der Waals surface area contributed by atoms with Gasteiger partial charge in [0.15, 0.2) is 0 Å². The summed E-state index contributed by atoms with van der Waals surface area (Å²) in [7, 11) is 0. The third kappa shape index (κ3) is 3.24. The quantitative estimate of drug-likeness (QED) is 0.903. The van der Waals surface area contributed by atoms with Crippen LogP contribution in [-0.2, 0) is 6.42 Å². The first-order chi connectivity index (χ1) is 10.8. The highest BCUT2D eigenvalue weighted by molar-refractivity contribution is 6.02. The Balaban J connectivity index is 2.94. The Morgan fingerprint density at radius 2 is 1.78 bits per heavy atom. The highest BCUT2D eigenvalue weighted by Gasteiger charge is 2.22. The van der Waals surface area contributed by atoms with Gasteiger partial charge in [0.2, 0.25) is 5.91 Å². The van der Waals surface area contributed by atoms with Crippen molar-refractivity contribution in [3.8, 4) is 11.1 Å². The van der Waals surface area contributed by atoms with Crippen LogP contribution >= 0.6 is 0 Å². The van der Waals surface area contributed by atoms with E-state index >= 15 is 0 Å². The monoisotopic (exact) mass is 319 g/mol. The molecule has 0 heterocycles. The Kier molecular flexibility index (Phi) is 4.80. The summed E-state index contributed by atoms with van der Waals surface area (Å²) in [6.45, 7) is 5.19. The number of nitrogens with two attached hydrogens (primary N) is 1. The van der Waals surface area contributed by atoms with Gasteiger partial charge in [0.1, 0.15) is 11.6 Å². The molecule has 0 saturated heterocycles. The minimum atomic E-state index is -0.916. The Morgan fingerprint density at radius 1 is 1.22 bits per heavy atom. The molecule has 0 aliphatic rings. The van der Waals surface area contributed by atoms with Crippen LogP contribution in [0, 0.1) is 18.6 Å². The normalized spacial score (nSPS) is 12.3. The first kappa shape index (κ1) is 17.1. The molecule has 0 saturated carbocycles. The lowest BCUT2D eigenvalue weighted by atomic mass is 9.85. The SMILES string of the molecule is CCc1cc(C(C)O)c(-c2cc(F)cc(F)c2)c(C(N)=O)c1C. The maximum atomic E-state index is 13.6. The molecule has 1 unspecified atom stereocenters. The van der Waals surface area contributed by atoms with Crippen molar-refractivity contribution in [1.29, 1.82) is 0 Å². The molecule has 0 spiro atoms. The van der Waals surface area contributed by atoms with Crippen LogP contribution in [0.3, 0.4) is 0 Å². The molecule has 23 heavy (non-hydrogen) atoms. The van der Waals surface area contributed by atoms with Crippen molar-refractivity contribution in [2.75, 3.05) is 0 Å². The fourth-order valence-corrected chi connectivity index (χ4v) is 2.87. The van der Waals surface area contributed by atoms with Crippen molar-refractivity contribution in [3.05, 3.63) is 58.2 Å². The minimum absolute atomic E-state index is 0.179. The number of aliphatic hydroxyl groups is 1. The van der Waals surface area contributed by atoms with Crippen LogP contribution in [0.2, 0.25) is 0 Å². The summed E-state index contributed by atoms with van der Waals surface area (Å²) >= 11 is 0. The summed E-state index contributed by atoms with van der Waals surface area (Å²) < 4.78 is 27.2. The first-order valence-corrected chi connectivity index (χ1v) is 7.37. The van der Waals surface area contributed by atoms with Gasteiger partial charge >= 0.3 is 0 Å². The number of hydrogen-bond acceptors (Lipinski definition) is 2. The highest BCUT2D eigenvalue weighted by atomic mass is 19.1. The van der Waals surface area contributed by atoms with E-state index in [1.54, 1.807) is 13.0 Å². The van der Waals surface area contributed by atoms with E-state index in [9.17, 15) is 18.7 Å². The molecule has 5 heteroatoms. The Hall–Kier alpha value is -2.27. The van der Waals surface area contributed by atoms with E-state index in [2.05, 4.69) is 0 Å². The molecule has 0 fully saturated rings. The van der Waals surface area contributed by atoms with E-state index in [1.807, 2.05) is 6.92 Å². The molecule has 3 N–H and O–H groups in total. The highest BCUT2D eigenvalue weighted by Crippen LogP contribution is 2.36. The largest absolute Gasteiger partial charge is 0.389 e. The Morgan fingerprint density at radius 3 is 2.22 bits per heavy atom. The van der Waals surface area contributed by atoms with Crippen LogP contribution in [0.15, 0.2) is 24.3 Å². The molecule has 1 atom stereocenters. The predicted molar refractivity (Wildman–Crippen MR) is 85.1 cm³/mol. The van der Waals surface area contributed by atoms with E-state index in [0.29, 0.717) is 17.5 Å². The van der Waals surface area contributed by atoms with Gasteiger partial charge < -0.3 is 10.8 Å². The molecule has 1 amide bonds. The van der Waals surface area contributed by atoms with Crippen molar-refractivity contribution in [3.63, 3.8) is 0 Å². The fraction of sp³-hybridized carbons (Fsp3) is 0.278. The van der Waals surface area contributed by atoms with Gasteiger partial charge in [0, 0.05) is 11.6 Å². The summed E-state index contributed by atoms with van der Waals surface area (Å²) in [5.74, 6) is -2.22. The smallest absolute Gasteiger partial charge is 0.249 e. The molecule has 3 nitrogen and oxygen atoms in total. The molecule has 2 aromatic rings. The average molecular weight is 319 g/mol. The van der Waals surface area contributed by atoms with Crippen molar-refractivity contribution in [2.45, 2.75) is 33.3 Å². The number of aliphatic hydroxyl groups excluding tert-OH is 1. The van der Waals surface area contributed by atoms with Gasteiger partial charge in [-0.05, 0) is 54.7 Å². The molecule has 2 aromatic carbocycles. The average Bonchev–Trinajstić information content (AvgIpc) is 2.44. The van der Waals surface area contributed by atoms with Crippen LogP contribution in [0.1, 0.15) is 47.0 Å². The van der Waals surface area contributed by atoms with E-state index in [-0.39, 0.29) is 16.7 Å². The van der Waals surface area contributed by atoms with Crippen LogP contribution in [-0.4, -0.2) is 11.0 Å². The molecule has 0 aromatic heterocycles. The minimum Gasteiger partial charge on any atom is -0.389 e. The number of hydrogen-bond donors (Lipinski definition) is 2. The molecule has 0 radical (unpaired) electrons. The van der Waals surface area contributed by atoms with Gasteiger partial charge in [-0.2, -0.15) is 0 Å². The number of amides is 1. The second kappa shape index (κ2) is 6.46. The van der Waals surface area contributed by atoms with E-state index in [1.165, 1.54) is 6.92 Å².